The number of pyridine rings is 1. The Hall–Kier alpha value is -3.69. The molecule has 0 saturated heterocycles. The Balaban J connectivity index is 1.74. The topological polar surface area (TPSA) is 16.1 Å². The second kappa shape index (κ2) is 8.21. The van der Waals surface area contributed by atoms with Crippen molar-refractivity contribution in [1.29, 1.82) is 0 Å². The first-order valence-corrected chi connectivity index (χ1v) is 11.1. The minimum atomic E-state index is 1.08. The van der Waals surface area contributed by atoms with E-state index in [1.54, 1.807) is 0 Å². The van der Waals surface area contributed by atoms with Crippen LogP contribution in [0.25, 0.3) is 31.3 Å². The second-order valence-electron chi connectivity index (χ2n) is 7.43. The van der Waals surface area contributed by atoms with Crippen LogP contribution in [0.5, 0.6) is 0 Å². The van der Waals surface area contributed by atoms with E-state index in [-0.39, 0.29) is 0 Å². The van der Waals surface area contributed by atoms with Crippen molar-refractivity contribution < 1.29 is 0 Å². The molecule has 0 aliphatic heterocycles. The summed E-state index contributed by atoms with van der Waals surface area (Å²) in [4.78, 5) is 6.89. The maximum Gasteiger partial charge on any atom is 0.0822 e. The summed E-state index contributed by atoms with van der Waals surface area (Å²) >= 11 is 1.82. The largest absolute Gasteiger partial charge is 0.312 e. The summed E-state index contributed by atoms with van der Waals surface area (Å²) in [6.45, 7) is 6.00. The van der Waals surface area contributed by atoms with Crippen molar-refractivity contribution in [1.82, 2.24) is 4.98 Å². The number of fused-ring (bicyclic) bond motifs is 3. The van der Waals surface area contributed by atoms with Crippen molar-refractivity contribution in [3.05, 3.63) is 116 Å². The van der Waals surface area contributed by atoms with Crippen LogP contribution in [0.15, 0.2) is 116 Å². The van der Waals surface area contributed by atoms with Gasteiger partial charge in [-0.15, -0.1) is 11.3 Å². The standard InChI is InChI=1S/C28H22N2S/c1-3-10-20(2)30(23-13-8-5-9-14-23)26-19-29-18-25-24-17-22(21-11-6-4-7-12-21)15-16-27(24)31-28(25)26/h3-19H,1H2,2H3. The molecule has 0 aliphatic carbocycles. The van der Waals surface area contributed by atoms with Gasteiger partial charge < -0.3 is 4.90 Å². The lowest BCUT2D eigenvalue weighted by molar-refractivity contribution is 1.15. The Morgan fingerprint density at radius 2 is 1.61 bits per heavy atom. The van der Waals surface area contributed by atoms with Crippen LogP contribution in [0.2, 0.25) is 0 Å². The quantitative estimate of drug-likeness (QED) is 0.267. The minimum absolute atomic E-state index is 1.08. The molecule has 5 aromatic rings. The summed E-state index contributed by atoms with van der Waals surface area (Å²) in [6, 6.07) is 27.7. The molecule has 150 valence electrons. The summed E-state index contributed by atoms with van der Waals surface area (Å²) in [5.74, 6) is 0. The molecule has 0 amide bonds. The predicted octanol–water partition coefficient (Wildman–Crippen LogP) is 8.34. The van der Waals surface area contributed by atoms with Crippen molar-refractivity contribution in [3.63, 3.8) is 0 Å². The van der Waals surface area contributed by atoms with Gasteiger partial charge in [-0.25, -0.2) is 0 Å². The first-order valence-electron chi connectivity index (χ1n) is 10.3. The zero-order valence-corrected chi connectivity index (χ0v) is 18.1. The summed E-state index contributed by atoms with van der Waals surface area (Å²) in [5.41, 5.74) is 5.74. The third-order valence-corrected chi connectivity index (χ3v) is 6.64. The van der Waals surface area contributed by atoms with E-state index in [0.717, 1.165) is 17.1 Å². The van der Waals surface area contributed by atoms with Gasteiger partial charge in [-0.1, -0.05) is 67.3 Å². The molecule has 0 bridgehead atoms. The molecular weight excluding hydrogens is 396 g/mol. The smallest absolute Gasteiger partial charge is 0.0822 e. The molecule has 0 atom stereocenters. The number of allylic oxidation sites excluding steroid dienone is 3. The maximum absolute atomic E-state index is 4.64. The van der Waals surface area contributed by atoms with Crippen molar-refractivity contribution in [2.24, 2.45) is 0 Å². The fourth-order valence-electron chi connectivity index (χ4n) is 4.00. The minimum Gasteiger partial charge on any atom is -0.312 e. The normalized spacial score (nSPS) is 11.7. The van der Waals surface area contributed by atoms with Crippen molar-refractivity contribution in [3.8, 4) is 11.1 Å². The molecule has 3 heteroatoms. The number of aromatic nitrogens is 1. The van der Waals surface area contributed by atoms with E-state index in [1.165, 1.54) is 31.3 Å². The maximum atomic E-state index is 4.64. The van der Waals surface area contributed by atoms with Gasteiger partial charge in [0.25, 0.3) is 0 Å². The molecule has 2 heterocycles. The molecule has 0 aliphatic rings. The molecule has 3 aromatic carbocycles. The zero-order chi connectivity index (χ0) is 21.2. The van der Waals surface area contributed by atoms with Gasteiger partial charge in [0.2, 0.25) is 0 Å². The van der Waals surface area contributed by atoms with Gasteiger partial charge in [-0.05, 0) is 48.4 Å². The number of nitrogens with zero attached hydrogens (tertiary/aromatic N) is 2. The molecule has 0 unspecified atom stereocenters. The highest BCUT2D eigenvalue weighted by Gasteiger charge is 2.18. The summed E-state index contributed by atoms with van der Waals surface area (Å²) < 4.78 is 2.50. The highest BCUT2D eigenvalue weighted by atomic mass is 32.1. The fourth-order valence-corrected chi connectivity index (χ4v) is 5.16. The monoisotopic (exact) mass is 418 g/mol. The van der Waals surface area contributed by atoms with Gasteiger partial charge in [0.05, 0.1) is 16.6 Å². The molecule has 31 heavy (non-hydrogen) atoms. The Morgan fingerprint density at radius 3 is 2.35 bits per heavy atom. The number of benzene rings is 3. The van der Waals surface area contributed by atoms with Crippen LogP contribution in [0, 0.1) is 0 Å². The predicted molar refractivity (Wildman–Crippen MR) is 135 cm³/mol. The lowest BCUT2D eigenvalue weighted by atomic mass is 10.0. The average Bonchev–Trinajstić information content (AvgIpc) is 3.20. The molecule has 5 rings (SSSR count). The number of para-hydroxylation sites is 1. The van der Waals surface area contributed by atoms with E-state index >= 15 is 0 Å². The van der Waals surface area contributed by atoms with Gasteiger partial charge >= 0.3 is 0 Å². The molecule has 2 nitrogen and oxygen atoms in total. The second-order valence-corrected chi connectivity index (χ2v) is 8.48. The van der Waals surface area contributed by atoms with E-state index in [4.69, 9.17) is 0 Å². The lowest BCUT2D eigenvalue weighted by Gasteiger charge is -2.26. The van der Waals surface area contributed by atoms with Gasteiger partial charge in [-0.2, -0.15) is 0 Å². The summed E-state index contributed by atoms with van der Waals surface area (Å²) in [6.07, 6.45) is 7.81. The van der Waals surface area contributed by atoms with Gasteiger partial charge in [0, 0.05) is 33.1 Å². The Labute approximate surface area is 186 Å². The molecule has 0 N–H and O–H groups in total. The molecular formula is C28H22N2S. The average molecular weight is 419 g/mol. The summed E-state index contributed by atoms with van der Waals surface area (Å²) in [5, 5.41) is 2.43. The molecule has 0 radical (unpaired) electrons. The summed E-state index contributed by atoms with van der Waals surface area (Å²) in [7, 11) is 0. The van der Waals surface area contributed by atoms with E-state index in [9.17, 15) is 0 Å². The van der Waals surface area contributed by atoms with E-state index in [0.29, 0.717) is 0 Å². The number of anilines is 2. The molecule has 0 spiro atoms. The van der Waals surface area contributed by atoms with Gasteiger partial charge in [-0.3, -0.25) is 4.98 Å². The third kappa shape index (κ3) is 3.54. The van der Waals surface area contributed by atoms with Crippen LogP contribution >= 0.6 is 11.3 Å². The SMILES string of the molecule is C=CC=C(C)N(c1ccccc1)c1cncc2c1sc1ccc(-c3ccccc3)cc12. The first kappa shape index (κ1) is 19.3. The molecule has 0 saturated carbocycles. The number of thiophene rings is 1. The number of rotatable bonds is 5. The number of hydrogen-bond donors (Lipinski definition) is 0. The van der Waals surface area contributed by atoms with Crippen molar-refractivity contribution in [2.75, 3.05) is 4.90 Å². The van der Waals surface area contributed by atoms with Crippen molar-refractivity contribution in [2.45, 2.75) is 6.92 Å². The highest BCUT2D eigenvalue weighted by Crippen LogP contribution is 2.43. The van der Waals surface area contributed by atoms with Crippen LogP contribution in [0.3, 0.4) is 0 Å². The third-order valence-electron chi connectivity index (χ3n) is 5.43. The Bertz CT molecular complexity index is 1400. The van der Waals surface area contributed by atoms with E-state index < -0.39 is 0 Å². The highest BCUT2D eigenvalue weighted by molar-refractivity contribution is 7.26. The lowest BCUT2D eigenvalue weighted by Crippen LogP contribution is -2.14. The van der Waals surface area contributed by atoms with Crippen LogP contribution in [0.1, 0.15) is 6.92 Å². The number of hydrogen-bond acceptors (Lipinski definition) is 3. The fraction of sp³-hybridized carbons (Fsp3) is 0.0357. The van der Waals surface area contributed by atoms with Crippen LogP contribution in [0.4, 0.5) is 11.4 Å². The Morgan fingerprint density at radius 1 is 0.871 bits per heavy atom. The Kier molecular flexibility index (Phi) is 5.11. The van der Waals surface area contributed by atoms with Crippen LogP contribution < -0.4 is 4.90 Å². The van der Waals surface area contributed by atoms with Gasteiger partial charge in [0.1, 0.15) is 0 Å². The first-order chi connectivity index (χ1) is 15.3. The zero-order valence-electron chi connectivity index (χ0n) is 17.3. The van der Waals surface area contributed by atoms with Gasteiger partial charge in [0.15, 0.2) is 0 Å². The van der Waals surface area contributed by atoms with Crippen LogP contribution in [-0.4, -0.2) is 4.98 Å². The molecule has 2 aromatic heterocycles. The van der Waals surface area contributed by atoms with E-state index in [2.05, 4.69) is 96.2 Å². The van der Waals surface area contributed by atoms with Crippen LogP contribution in [-0.2, 0) is 0 Å². The van der Waals surface area contributed by atoms with E-state index in [1.807, 2.05) is 41.9 Å². The molecule has 0 fully saturated rings. The van der Waals surface area contributed by atoms with Crippen molar-refractivity contribution >= 4 is 42.9 Å².